The molecule has 4 nitrogen and oxygen atoms in total. The van der Waals surface area contributed by atoms with Crippen molar-refractivity contribution in [1.29, 1.82) is 0 Å². The Hall–Kier alpha value is -2.07. The number of fused-ring (bicyclic) bond motifs is 1. The standard InChI is InChI=1S/C13H11ClN4/c14-11-7-6-10-12(17-11)18-13(16-10)15-8-9-4-2-1-3-5-9/h1-7H,8H2,(H2,15,16,17,18). The van der Waals surface area contributed by atoms with E-state index in [0.717, 1.165) is 5.52 Å². The Bertz CT molecular complexity index is 663. The van der Waals surface area contributed by atoms with Crippen molar-refractivity contribution in [1.82, 2.24) is 15.0 Å². The normalized spacial score (nSPS) is 10.7. The van der Waals surface area contributed by atoms with Crippen LogP contribution in [0.5, 0.6) is 0 Å². The number of halogens is 1. The van der Waals surface area contributed by atoms with E-state index in [2.05, 4.69) is 32.4 Å². The van der Waals surface area contributed by atoms with Crippen molar-refractivity contribution < 1.29 is 0 Å². The van der Waals surface area contributed by atoms with Crippen LogP contribution in [0.3, 0.4) is 0 Å². The third-order valence-electron chi connectivity index (χ3n) is 2.61. The number of hydrogen-bond acceptors (Lipinski definition) is 3. The molecule has 2 heterocycles. The van der Waals surface area contributed by atoms with E-state index in [1.807, 2.05) is 24.3 Å². The van der Waals surface area contributed by atoms with Gasteiger partial charge in [0.05, 0.1) is 5.52 Å². The predicted octanol–water partition coefficient (Wildman–Crippen LogP) is 3.22. The van der Waals surface area contributed by atoms with E-state index in [9.17, 15) is 0 Å². The van der Waals surface area contributed by atoms with E-state index in [1.165, 1.54) is 5.56 Å². The Kier molecular flexibility index (Phi) is 2.86. The topological polar surface area (TPSA) is 53.6 Å². The lowest BCUT2D eigenvalue weighted by Gasteiger charge is -2.01. The first-order valence-corrected chi connectivity index (χ1v) is 5.99. The van der Waals surface area contributed by atoms with Gasteiger partial charge in [0, 0.05) is 6.54 Å². The number of rotatable bonds is 3. The number of nitrogens with zero attached hydrogens (tertiary/aromatic N) is 2. The maximum absolute atomic E-state index is 5.82. The predicted molar refractivity (Wildman–Crippen MR) is 72.7 cm³/mol. The second-order valence-electron chi connectivity index (χ2n) is 3.93. The van der Waals surface area contributed by atoms with Gasteiger partial charge in [-0.05, 0) is 17.7 Å². The highest BCUT2D eigenvalue weighted by Crippen LogP contribution is 2.15. The lowest BCUT2D eigenvalue weighted by molar-refractivity contribution is 1.10. The van der Waals surface area contributed by atoms with Crippen LogP contribution in [0.1, 0.15) is 5.56 Å². The Morgan fingerprint density at radius 2 is 1.89 bits per heavy atom. The molecule has 0 atom stereocenters. The van der Waals surface area contributed by atoms with Crippen LogP contribution in [-0.4, -0.2) is 15.0 Å². The van der Waals surface area contributed by atoms with E-state index in [1.54, 1.807) is 6.07 Å². The van der Waals surface area contributed by atoms with Crippen LogP contribution in [0.2, 0.25) is 5.15 Å². The van der Waals surface area contributed by atoms with Gasteiger partial charge in [-0.25, -0.2) is 4.98 Å². The summed E-state index contributed by atoms with van der Waals surface area (Å²) in [5, 5.41) is 3.67. The molecule has 0 amide bonds. The number of aromatic nitrogens is 3. The Labute approximate surface area is 109 Å². The van der Waals surface area contributed by atoms with E-state index in [4.69, 9.17) is 11.6 Å². The van der Waals surface area contributed by atoms with Crippen LogP contribution >= 0.6 is 11.6 Å². The minimum absolute atomic E-state index is 0.448. The average molecular weight is 259 g/mol. The molecule has 1 aromatic carbocycles. The van der Waals surface area contributed by atoms with Crippen molar-refractivity contribution in [3.63, 3.8) is 0 Å². The van der Waals surface area contributed by atoms with Gasteiger partial charge in [0.2, 0.25) is 5.95 Å². The SMILES string of the molecule is Clc1ccc2[nH]c(NCc3ccccc3)nc2n1. The maximum Gasteiger partial charge on any atom is 0.202 e. The van der Waals surface area contributed by atoms with E-state index in [0.29, 0.717) is 23.3 Å². The van der Waals surface area contributed by atoms with Gasteiger partial charge in [-0.2, -0.15) is 4.98 Å². The minimum Gasteiger partial charge on any atom is -0.352 e. The molecule has 3 aromatic rings. The van der Waals surface area contributed by atoms with E-state index in [-0.39, 0.29) is 0 Å². The monoisotopic (exact) mass is 258 g/mol. The minimum atomic E-state index is 0.448. The largest absolute Gasteiger partial charge is 0.352 e. The number of hydrogen-bond donors (Lipinski definition) is 2. The molecule has 18 heavy (non-hydrogen) atoms. The maximum atomic E-state index is 5.82. The van der Waals surface area contributed by atoms with Gasteiger partial charge in [-0.1, -0.05) is 41.9 Å². The number of benzene rings is 1. The highest BCUT2D eigenvalue weighted by molar-refractivity contribution is 6.29. The number of H-pyrrole nitrogens is 1. The van der Waals surface area contributed by atoms with Crippen molar-refractivity contribution in [3.05, 3.63) is 53.2 Å². The lowest BCUT2D eigenvalue weighted by atomic mass is 10.2. The van der Waals surface area contributed by atoms with Crippen molar-refractivity contribution in [3.8, 4) is 0 Å². The molecule has 0 aliphatic heterocycles. The quantitative estimate of drug-likeness (QED) is 0.709. The van der Waals surface area contributed by atoms with Crippen LogP contribution < -0.4 is 5.32 Å². The van der Waals surface area contributed by atoms with Gasteiger partial charge < -0.3 is 10.3 Å². The zero-order valence-electron chi connectivity index (χ0n) is 9.52. The molecule has 5 heteroatoms. The number of imidazole rings is 1. The number of nitrogens with one attached hydrogen (secondary N) is 2. The van der Waals surface area contributed by atoms with Crippen molar-refractivity contribution in [2.24, 2.45) is 0 Å². The molecule has 0 saturated heterocycles. The Balaban J connectivity index is 1.79. The molecule has 0 bridgehead atoms. The van der Waals surface area contributed by atoms with Crippen molar-refractivity contribution in [2.45, 2.75) is 6.54 Å². The summed E-state index contributed by atoms with van der Waals surface area (Å²) in [7, 11) is 0. The Morgan fingerprint density at radius 3 is 2.72 bits per heavy atom. The average Bonchev–Trinajstić information content (AvgIpc) is 2.79. The number of pyridine rings is 1. The molecule has 0 radical (unpaired) electrons. The Morgan fingerprint density at radius 1 is 1.06 bits per heavy atom. The third kappa shape index (κ3) is 2.28. The van der Waals surface area contributed by atoms with Crippen molar-refractivity contribution >= 4 is 28.7 Å². The fourth-order valence-electron chi connectivity index (χ4n) is 1.73. The van der Waals surface area contributed by atoms with Crippen LogP contribution in [0, 0.1) is 0 Å². The fraction of sp³-hybridized carbons (Fsp3) is 0.0769. The molecule has 0 fully saturated rings. The highest BCUT2D eigenvalue weighted by Gasteiger charge is 2.03. The van der Waals surface area contributed by atoms with Crippen LogP contribution in [0.15, 0.2) is 42.5 Å². The molecule has 3 rings (SSSR count). The highest BCUT2D eigenvalue weighted by atomic mass is 35.5. The summed E-state index contributed by atoms with van der Waals surface area (Å²) >= 11 is 5.82. The number of aromatic amines is 1. The zero-order chi connectivity index (χ0) is 12.4. The number of anilines is 1. The molecular formula is C13H11ClN4. The first-order chi connectivity index (χ1) is 8.81. The molecule has 0 aliphatic rings. The van der Waals surface area contributed by atoms with Gasteiger partial charge in [0.25, 0.3) is 0 Å². The molecule has 0 saturated carbocycles. The smallest absolute Gasteiger partial charge is 0.202 e. The lowest BCUT2D eigenvalue weighted by Crippen LogP contribution is -2.00. The summed E-state index contributed by atoms with van der Waals surface area (Å²) in [5.74, 6) is 0.698. The summed E-state index contributed by atoms with van der Waals surface area (Å²) in [6.07, 6.45) is 0. The van der Waals surface area contributed by atoms with Crippen LogP contribution in [0.4, 0.5) is 5.95 Å². The van der Waals surface area contributed by atoms with Gasteiger partial charge >= 0.3 is 0 Å². The van der Waals surface area contributed by atoms with E-state index >= 15 is 0 Å². The summed E-state index contributed by atoms with van der Waals surface area (Å²) in [5.41, 5.74) is 2.69. The molecular weight excluding hydrogens is 248 g/mol. The summed E-state index contributed by atoms with van der Waals surface area (Å²) in [4.78, 5) is 11.6. The van der Waals surface area contributed by atoms with Gasteiger partial charge in [0.1, 0.15) is 5.15 Å². The van der Waals surface area contributed by atoms with E-state index < -0.39 is 0 Å². The first-order valence-electron chi connectivity index (χ1n) is 5.61. The summed E-state index contributed by atoms with van der Waals surface area (Å²) in [6, 6.07) is 13.7. The summed E-state index contributed by atoms with van der Waals surface area (Å²) in [6.45, 7) is 0.717. The zero-order valence-corrected chi connectivity index (χ0v) is 10.3. The van der Waals surface area contributed by atoms with Crippen LogP contribution in [0.25, 0.3) is 11.2 Å². The first kappa shape index (κ1) is 11.0. The molecule has 2 aromatic heterocycles. The molecule has 0 aliphatic carbocycles. The van der Waals surface area contributed by atoms with Gasteiger partial charge in [-0.15, -0.1) is 0 Å². The molecule has 0 unspecified atom stereocenters. The van der Waals surface area contributed by atoms with Gasteiger partial charge in [-0.3, -0.25) is 0 Å². The second kappa shape index (κ2) is 4.66. The summed E-state index contributed by atoms with van der Waals surface area (Å²) < 4.78 is 0. The third-order valence-corrected chi connectivity index (χ3v) is 2.83. The molecule has 2 N–H and O–H groups in total. The van der Waals surface area contributed by atoms with Gasteiger partial charge in [0.15, 0.2) is 5.65 Å². The fourth-order valence-corrected chi connectivity index (χ4v) is 1.88. The van der Waals surface area contributed by atoms with Crippen LogP contribution in [-0.2, 0) is 6.54 Å². The second-order valence-corrected chi connectivity index (χ2v) is 4.32. The molecule has 0 spiro atoms. The van der Waals surface area contributed by atoms with Crippen molar-refractivity contribution in [2.75, 3.05) is 5.32 Å². The molecule has 90 valence electrons.